The van der Waals surface area contributed by atoms with Crippen LogP contribution in [0.4, 0.5) is 0 Å². The molecule has 20 heavy (non-hydrogen) atoms. The Morgan fingerprint density at radius 2 is 1.90 bits per heavy atom. The molecular formula is C16H15N3O. The molecule has 4 nitrogen and oxygen atoms in total. The lowest BCUT2D eigenvalue weighted by Crippen LogP contribution is -2.23. The average molecular weight is 265 g/mol. The predicted octanol–water partition coefficient (Wildman–Crippen LogP) is 2.80. The summed E-state index contributed by atoms with van der Waals surface area (Å²) in [5, 5.41) is 11.1. The van der Waals surface area contributed by atoms with Crippen LogP contribution in [-0.2, 0) is 6.54 Å². The van der Waals surface area contributed by atoms with Crippen molar-refractivity contribution in [2.24, 2.45) is 0 Å². The van der Waals surface area contributed by atoms with Gasteiger partial charge < -0.3 is 5.32 Å². The van der Waals surface area contributed by atoms with Crippen LogP contribution in [0.3, 0.4) is 0 Å². The summed E-state index contributed by atoms with van der Waals surface area (Å²) in [5.41, 5.74) is 3.51. The number of nitrogens with zero attached hydrogens (tertiary/aromatic N) is 1. The zero-order valence-electron chi connectivity index (χ0n) is 11.2. The third kappa shape index (κ3) is 2.28. The van der Waals surface area contributed by atoms with E-state index in [1.165, 1.54) is 0 Å². The molecule has 0 bridgehead atoms. The monoisotopic (exact) mass is 265 g/mol. The SMILES string of the molecule is Cc1ccccc1C(=O)NCc1[nH]nc2ccccc12. The second-order valence-electron chi connectivity index (χ2n) is 4.72. The van der Waals surface area contributed by atoms with E-state index >= 15 is 0 Å². The third-order valence-corrected chi connectivity index (χ3v) is 3.36. The number of carbonyl (C=O) groups is 1. The van der Waals surface area contributed by atoms with Gasteiger partial charge in [-0.3, -0.25) is 9.89 Å². The molecule has 0 saturated heterocycles. The van der Waals surface area contributed by atoms with Gasteiger partial charge in [-0.1, -0.05) is 36.4 Å². The van der Waals surface area contributed by atoms with Gasteiger partial charge in [-0.2, -0.15) is 5.10 Å². The Balaban J connectivity index is 1.77. The number of rotatable bonds is 3. The standard InChI is InChI=1S/C16H15N3O/c1-11-6-2-3-7-12(11)16(20)17-10-15-13-8-4-5-9-14(13)18-19-15/h2-9H,10H2,1H3,(H,17,20)(H,18,19). The van der Waals surface area contributed by atoms with Crippen molar-refractivity contribution in [1.82, 2.24) is 15.5 Å². The second-order valence-corrected chi connectivity index (χ2v) is 4.72. The Labute approximate surface area is 116 Å². The van der Waals surface area contributed by atoms with E-state index in [0.717, 1.165) is 22.2 Å². The minimum atomic E-state index is -0.0678. The molecule has 0 radical (unpaired) electrons. The van der Waals surface area contributed by atoms with E-state index < -0.39 is 0 Å². The zero-order chi connectivity index (χ0) is 13.9. The smallest absolute Gasteiger partial charge is 0.251 e. The first kappa shape index (κ1) is 12.4. The highest BCUT2D eigenvalue weighted by Crippen LogP contribution is 2.15. The molecule has 1 aromatic heterocycles. The number of para-hydroxylation sites is 1. The molecular weight excluding hydrogens is 250 g/mol. The van der Waals surface area contributed by atoms with Crippen LogP contribution in [0, 0.1) is 6.92 Å². The van der Waals surface area contributed by atoms with Gasteiger partial charge in [0, 0.05) is 10.9 Å². The van der Waals surface area contributed by atoms with E-state index in [9.17, 15) is 4.79 Å². The molecule has 1 heterocycles. The van der Waals surface area contributed by atoms with E-state index in [1.54, 1.807) is 0 Å². The molecule has 0 atom stereocenters. The van der Waals surface area contributed by atoms with E-state index in [1.807, 2.05) is 55.5 Å². The third-order valence-electron chi connectivity index (χ3n) is 3.36. The number of hydrogen-bond donors (Lipinski definition) is 2. The second kappa shape index (κ2) is 5.17. The van der Waals surface area contributed by atoms with Crippen molar-refractivity contribution in [3.8, 4) is 0 Å². The molecule has 0 fully saturated rings. The fraction of sp³-hybridized carbons (Fsp3) is 0.125. The molecule has 2 N–H and O–H groups in total. The lowest BCUT2D eigenvalue weighted by atomic mass is 10.1. The summed E-state index contributed by atoms with van der Waals surface area (Å²) >= 11 is 0. The normalized spacial score (nSPS) is 10.7. The summed E-state index contributed by atoms with van der Waals surface area (Å²) < 4.78 is 0. The molecule has 0 aliphatic carbocycles. The predicted molar refractivity (Wildman–Crippen MR) is 78.4 cm³/mol. The first-order chi connectivity index (χ1) is 9.75. The van der Waals surface area contributed by atoms with Gasteiger partial charge in [0.05, 0.1) is 17.8 Å². The van der Waals surface area contributed by atoms with Crippen molar-refractivity contribution in [3.63, 3.8) is 0 Å². The van der Waals surface area contributed by atoms with Crippen molar-refractivity contribution >= 4 is 16.8 Å². The highest BCUT2D eigenvalue weighted by Gasteiger charge is 2.09. The first-order valence-electron chi connectivity index (χ1n) is 6.51. The Bertz CT molecular complexity index is 761. The van der Waals surface area contributed by atoms with Crippen LogP contribution in [0.1, 0.15) is 21.6 Å². The minimum absolute atomic E-state index is 0.0678. The topological polar surface area (TPSA) is 57.8 Å². The summed E-state index contributed by atoms with van der Waals surface area (Å²) in [4.78, 5) is 12.2. The van der Waals surface area contributed by atoms with Crippen molar-refractivity contribution in [2.75, 3.05) is 0 Å². The lowest BCUT2D eigenvalue weighted by molar-refractivity contribution is 0.0950. The summed E-state index contributed by atoms with van der Waals surface area (Å²) in [5.74, 6) is -0.0678. The molecule has 0 unspecified atom stereocenters. The number of carbonyl (C=O) groups excluding carboxylic acids is 1. The molecule has 1 amide bonds. The van der Waals surface area contributed by atoms with Gasteiger partial charge in [-0.25, -0.2) is 0 Å². The fourth-order valence-corrected chi connectivity index (χ4v) is 2.24. The van der Waals surface area contributed by atoms with E-state index in [2.05, 4.69) is 15.5 Å². The van der Waals surface area contributed by atoms with Crippen LogP contribution in [0.15, 0.2) is 48.5 Å². The number of aryl methyl sites for hydroxylation is 1. The quantitative estimate of drug-likeness (QED) is 0.765. The van der Waals surface area contributed by atoms with Gasteiger partial charge in [-0.15, -0.1) is 0 Å². The van der Waals surface area contributed by atoms with Crippen molar-refractivity contribution in [3.05, 3.63) is 65.4 Å². The van der Waals surface area contributed by atoms with Gasteiger partial charge in [0.1, 0.15) is 0 Å². The van der Waals surface area contributed by atoms with Crippen LogP contribution < -0.4 is 5.32 Å². The summed E-state index contributed by atoms with van der Waals surface area (Å²) in [7, 11) is 0. The fourth-order valence-electron chi connectivity index (χ4n) is 2.24. The van der Waals surface area contributed by atoms with Crippen LogP contribution in [0.5, 0.6) is 0 Å². The van der Waals surface area contributed by atoms with Crippen molar-refractivity contribution in [1.29, 1.82) is 0 Å². The minimum Gasteiger partial charge on any atom is -0.346 e. The molecule has 0 aliphatic rings. The summed E-state index contributed by atoms with van der Waals surface area (Å²) in [6.45, 7) is 2.37. The van der Waals surface area contributed by atoms with Crippen LogP contribution in [0.25, 0.3) is 10.9 Å². The Morgan fingerprint density at radius 3 is 2.75 bits per heavy atom. The number of fused-ring (bicyclic) bond motifs is 1. The van der Waals surface area contributed by atoms with Gasteiger partial charge in [0.2, 0.25) is 0 Å². The van der Waals surface area contributed by atoms with Gasteiger partial charge in [0.25, 0.3) is 5.91 Å². The van der Waals surface area contributed by atoms with Gasteiger partial charge in [0.15, 0.2) is 0 Å². The lowest BCUT2D eigenvalue weighted by Gasteiger charge is -2.06. The molecule has 3 aromatic rings. The Kier molecular flexibility index (Phi) is 3.21. The molecule has 2 aromatic carbocycles. The Hall–Kier alpha value is -2.62. The maximum Gasteiger partial charge on any atom is 0.251 e. The summed E-state index contributed by atoms with van der Waals surface area (Å²) in [6.07, 6.45) is 0. The van der Waals surface area contributed by atoms with Crippen LogP contribution >= 0.6 is 0 Å². The molecule has 3 rings (SSSR count). The number of benzene rings is 2. The van der Waals surface area contributed by atoms with E-state index in [4.69, 9.17) is 0 Å². The van der Waals surface area contributed by atoms with Crippen LogP contribution in [0.2, 0.25) is 0 Å². The van der Waals surface area contributed by atoms with Crippen LogP contribution in [-0.4, -0.2) is 16.1 Å². The number of hydrogen-bond acceptors (Lipinski definition) is 2. The maximum atomic E-state index is 12.2. The molecule has 0 saturated carbocycles. The maximum absolute atomic E-state index is 12.2. The van der Waals surface area contributed by atoms with E-state index in [0.29, 0.717) is 12.1 Å². The summed E-state index contributed by atoms with van der Waals surface area (Å²) in [6, 6.07) is 15.4. The number of aromatic amines is 1. The Morgan fingerprint density at radius 1 is 1.15 bits per heavy atom. The average Bonchev–Trinajstić information content (AvgIpc) is 2.88. The van der Waals surface area contributed by atoms with Gasteiger partial charge in [-0.05, 0) is 24.6 Å². The first-order valence-corrected chi connectivity index (χ1v) is 6.51. The number of H-pyrrole nitrogens is 1. The largest absolute Gasteiger partial charge is 0.346 e. The molecule has 0 aliphatic heterocycles. The molecule has 0 spiro atoms. The zero-order valence-corrected chi connectivity index (χ0v) is 11.2. The van der Waals surface area contributed by atoms with Gasteiger partial charge >= 0.3 is 0 Å². The van der Waals surface area contributed by atoms with Crippen molar-refractivity contribution < 1.29 is 4.79 Å². The molecule has 100 valence electrons. The highest BCUT2D eigenvalue weighted by molar-refractivity contribution is 5.95. The van der Waals surface area contributed by atoms with E-state index in [-0.39, 0.29) is 5.91 Å². The number of aromatic nitrogens is 2. The molecule has 4 heteroatoms. The van der Waals surface area contributed by atoms with Crippen molar-refractivity contribution in [2.45, 2.75) is 13.5 Å². The number of nitrogens with one attached hydrogen (secondary N) is 2. The number of amides is 1. The highest BCUT2D eigenvalue weighted by atomic mass is 16.1.